The van der Waals surface area contributed by atoms with Gasteiger partial charge in [-0.3, -0.25) is 0 Å². The van der Waals surface area contributed by atoms with Crippen LogP contribution in [0.2, 0.25) is 0 Å². The first-order chi connectivity index (χ1) is 15.6. The van der Waals surface area contributed by atoms with E-state index >= 15 is 0 Å². The van der Waals surface area contributed by atoms with Crippen LogP contribution in [-0.4, -0.2) is 25.0 Å². The number of alkyl halides is 3. The summed E-state index contributed by atoms with van der Waals surface area (Å²) >= 11 is 0. The average molecular weight is 491 g/mol. The van der Waals surface area contributed by atoms with Crippen LogP contribution in [0.3, 0.4) is 0 Å². The summed E-state index contributed by atoms with van der Waals surface area (Å²) in [5.41, 5.74) is 7.78. The van der Waals surface area contributed by atoms with Gasteiger partial charge in [-0.05, 0) is 67.5 Å². The Labute approximate surface area is 238 Å². The Morgan fingerprint density at radius 1 is 1.03 bits per heavy atom. The van der Waals surface area contributed by atoms with E-state index in [4.69, 9.17) is 10.5 Å². The minimum atomic E-state index is -4.39. The molecule has 0 radical (unpaired) electrons. The number of fused-ring (bicyclic) bond motifs is 1. The van der Waals surface area contributed by atoms with Gasteiger partial charge in [0, 0.05) is 5.39 Å². The molecule has 34 heavy (non-hydrogen) atoms. The van der Waals surface area contributed by atoms with Crippen molar-refractivity contribution >= 4 is 22.4 Å². The van der Waals surface area contributed by atoms with E-state index in [2.05, 4.69) is 11.2 Å². The Balaban J connectivity index is 0.000000345. The second-order valence-electron chi connectivity index (χ2n) is 7.18. The summed E-state index contributed by atoms with van der Waals surface area (Å²) in [4.78, 5) is 16.9. The Kier molecular flexibility index (Phi) is 10.1. The standard InChI is InChI=1S/C18H12F3NO2.C7H9N2.K/c19-18(20,21)13-5-7-14(8-6-13)24-16-3-1-2-11-10-12(17(22)23)4-9-15(11)16;1-9(2)7-3-5-8-6-4-7;/h1-10H,(H2,22,23);3-5H,1-2H3;/q;-1;+1/p-1. The van der Waals surface area contributed by atoms with Gasteiger partial charge >= 0.3 is 57.6 Å². The molecule has 0 unspecified atom stereocenters. The maximum atomic E-state index is 12.6. The third kappa shape index (κ3) is 7.54. The number of aromatic nitrogens is 1. The third-order valence-electron chi connectivity index (χ3n) is 4.64. The molecular formula is C25H20F3KN3O2-. The smallest absolute Gasteiger partial charge is 0.664 e. The molecule has 4 aromatic rings. The Hall–Kier alpha value is -2.43. The molecule has 1 N–H and O–H groups in total. The largest absolute Gasteiger partial charge is 1.00 e. The van der Waals surface area contributed by atoms with E-state index in [0.717, 1.165) is 17.8 Å². The normalized spacial score (nSPS) is 10.5. The minimum absolute atomic E-state index is 0. The maximum Gasteiger partial charge on any atom is 1.00 e. The number of rotatable bonds is 4. The molecule has 0 saturated carbocycles. The molecule has 1 heterocycles. The molecule has 1 amide bonds. The Morgan fingerprint density at radius 3 is 2.26 bits per heavy atom. The monoisotopic (exact) mass is 490 g/mol. The van der Waals surface area contributed by atoms with Gasteiger partial charge in [-0.25, -0.2) is 0 Å². The number of ether oxygens (including phenoxy) is 1. The van der Waals surface area contributed by atoms with Crippen LogP contribution in [0.4, 0.5) is 18.9 Å². The van der Waals surface area contributed by atoms with Crippen molar-refractivity contribution in [2.75, 3.05) is 19.0 Å². The van der Waals surface area contributed by atoms with Gasteiger partial charge in [0.15, 0.2) is 0 Å². The van der Waals surface area contributed by atoms with E-state index < -0.39 is 17.6 Å². The second kappa shape index (κ2) is 12.3. The van der Waals surface area contributed by atoms with Crippen molar-refractivity contribution in [1.82, 2.24) is 4.98 Å². The van der Waals surface area contributed by atoms with Crippen LogP contribution in [0, 0.1) is 6.20 Å². The maximum absolute atomic E-state index is 12.6. The molecule has 0 aliphatic rings. The average Bonchev–Trinajstić information content (AvgIpc) is 2.79. The number of hydrogen-bond donors (Lipinski definition) is 0. The molecule has 5 nitrogen and oxygen atoms in total. The molecule has 0 aliphatic carbocycles. The third-order valence-corrected chi connectivity index (χ3v) is 4.64. The van der Waals surface area contributed by atoms with Gasteiger partial charge < -0.3 is 25.1 Å². The van der Waals surface area contributed by atoms with Crippen molar-refractivity contribution in [2.24, 2.45) is 0 Å². The fraction of sp³-hybridized carbons (Fsp3) is 0.120. The summed E-state index contributed by atoms with van der Waals surface area (Å²) < 4.78 is 43.4. The zero-order valence-electron chi connectivity index (χ0n) is 18.9. The molecule has 170 valence electrons. The van der Waals surface area contributed by atoms with Gasteiger partial charge in [0.25, 0.3) is 0 Å². The van der Waals surface area contributed by atoms with Crippen molar-refractivity contribution < 1.29 is 74.1 Å². The van der Waals surface area contributed by atoms with E-state index in [9.17, 15) is 18.0 Å². The quantitative estimate of drug-likeness (QED) is 0.323. The first-order valence-electron chi connectivity index (χ1n) is 9.78. The first-order valence-corrected chi connectivity index (χ1v) is 9.78. The summed E-state index contributed by atoms with van der Waals surface area (Å²) in [6, 6.07) is 18.1. The molecule has 9 heteroatoms. The van der Waals surface area contributed by atoms with Crippen LogP contribution in [0.25, 0.3) is 16.5 Å². The van der Waals surface area contributed by atoms with Gasteiger partial charge in [-0.2, -0.15) is 13.2 Å². The Morgan fingerprint density at radius 2 is 1.74 bits per heavy atom. The summed E-state index contributed by atoms with van der Waals surface area (Å²) in [6.45, 7) is 0. The van der Waals surface area contributed by atoms with Crippen molar-refractivity contribution in [2.45, 2.75) is 6.18 Å². The molecule has 0 aliphatic heterocycles. The van der Waals surface area contributed by atoms with Gasteiger partial charge in [0.05, 0.1) is 11.5 Å². The van der Waals surface area contributed by atoms with Crippen molar-refractivity contribution in [1.29, 1.82) is 0 Å². The van der Waals surface area contributed by atoms with E-state index in [1.54, 1.807) is 36.5 Å². The van der Waals surface area contributed by atoms with Gasteiger partial charge in [0.1, 0.15) is 11.5 Å². The summed E-state index contributed by atoms with van der Waals surface area (Å²) in [7, 11) is 3.98. The molecular weight excluding hydrogens is 470 g/mol. The van der Waals surface area contributed by atoms with E-state index in [-0.39, 0.29) is 62.7 Å². The summed E-state index contributed by atoms with van der Waals surface area (Å²) in [6.07, 6.45) is 0.0904. The number of pyridine rings is 1. The number of carbonyl (C=O) groups excluding carboxylic acids is 1. The molecule has 3 aromatic carbocycles. The number of amides is 1. The summed E-state index contributed by atoms with van der Waals surface area (Å²) in [5.74, 6) is -0.0571. The summed E-state index contributed by atoms with van der Waals surface area (Å²) in [5, 5.41) is 1.40. The molecule has 0 atom stereocenters. The fourth-order valence-corrected chi connectivity index (χ4v) is 2.91. The molecule has 0 spiro atoms. The van der Waals surface area contributed by atoms with E-state index in [1.807, 2.05) is 31.1 Å². The van der Waals surface area contributed by atoms with Gasteiger partial charge in [-0.15, -0.1) is 12.1 Å². The van der Waals surface area contributed by atoms with Crippen molar-refractivity contribution in [3.05, 3.63) is 102 Å². The number of nitrogens with one attached hydrogen (secondary N) is 1. The van der Waals surface area contributed by atoms with Gasteiger partial charge in [-0.1, -0.05) is 36.3 Å². The second-order valence-corrected chi connectivity index (χ2v) is 7.18. The Bertz CT molecular complexity index is 1230. The topological polar surface area (TPSA) is 66.2 Å². The molecule has 1 aromatic heterocycles. The zero-order valence-corrected chi connectivity index (χ0v) is 22.0. The first kappa shape index (κ1) is 27.8. The molecule has 0 bridgehead atoms. The molecule has 0 saturated heterocycles. The van der Waals surface area contributed by atoms with Crippen molar-refractivity contribution in [3.8, 4) is 11.5 Å². The number of benzene rings is 3. The zero-order chi connectivity index (χ0) is 24.0. The van der Waals surface area contributed by atoms with Crippen LogP contribution in [0.15, 0.2) is 79.0 Å². The SMILES string of the molecule is CN(C)c1c[c-]ncc1.[K+].[NH-]C(=O)c1ccc2c(Oc3ccc(C(F)(F)F)cc3)cccc2c1. The van der Waals surface area contributed by atoms with E-state index in [1.165, 1.54) is 18.2 Å². The van der Waals surface area contributed by atoms with E-state index in [0.29, 0.717) is 16.5 Å². The van der Waals surface area contributed by atoms with Crippen LogP contribution >= 0.6 is 0 Å². The number of anilines is 1. The van der Waals surface area contributed by atoms with Gasteiger partial charge in [0.2, 0.25) is 0 Å². The number of halogens is 3. The van der Waals surface area contributed by atoms with Crippen LogP contribution in [-0.2, 0) is 6.18 Å². The number of nitrogens with zero attached hydrogens (tertiary/aromatic N) is 2. The number of hydrogen-bond acceptors (Lipinski definition) is 4. The van der Waals surface area contributed by atoms with Crippen LogP contribution in [0.1, 0.15) is 15.9 Å². The van der Waals surface area contributed by atoms with Crippen LogP contribution < -0.4 is 61.0 Å². The molecule has 0 fully saturated rings. The number of carbonyl (C=O) groups is 1. The molecule has 4 rings (SSSR count). The fourth-order valence-electron chi connectivity index (χ4n) is 2.91. The predicted octanol–water partition coefficient (Wildman–Crippen LogP) is 3.80. The van der Waals surface area contributed by atoms with Crippen LogP contribution in [0.5, 0.6) is 11.5 Å². The predicted molar refractivity (Wildman–Crippen MR) is 122 cm³/mol. The van der Waals surface area contributed by atoms with Crippen molar-refractivity contribution in [3.63, 3.8) is 0 Å². The minimum Gasteiger partial charge on any atom is -0.664 e.